The molecule has 18 heavy (non-hydrogen) atoms. The minimum atomic E-state index is 0.0531. The van der Waals surface area contributed by atoms with Crippen molar-refractivity contribution < 1.29 is 0 Å². The predicted molar refractivity (Wildman–Crippen MR) is 75.7 cm³/mol. The second-order valence-electron chi connectivity index (χ2n) is 4.25. The molecule has 0 saturated carbocycles. The van der Waals surface area contributed by atoms with Crippen LogP contribution in [-0.2, 0) is 0 Å². The number of benzene rings is 2. The van der Waals surface area contributed by atoms with Gasteiger partial charge in [-0.3, -0.25) is 4.79 Å². The van der Waals surface area contributed by atoms with Gasteiger partial charge in [0.15, 0.2) is 5.43 Å². The monoisotopic (exact) mass is 232 g/mol. The highest BCUT2D eigenvalue weighted by atomic mass is 16.1. The Bertz CT molecular complexity index is 745. The molecule has 1 heteroatoms. The highest BCUT2D eigenvalue weighted by molar-refractivity contribution is 5.85. The molecule has 1 nitrogen and oxygen atoms in total. The van der Waals surface area contributed by atoms with Crippen LogP contribution in [0.15, 0.2) is 77.6 Å². The van der Waals surface area contributed by atoms with Crippen molar-refractivity contribution in [3.05, 3.63) is 83.0 Å². The standard InChI is InChI=1S/C17H12O/c18-17-11-10-13-6-4-5-9-15(13)12-16(17)14-7-2-1-3-8-14/h1-12H. The Morgan fingerprint density at radius 1 is 0.611 bits per heavy atom. The first-order chi connectivity index (χ1) is 8.84. The lowest BCUT2D eigenvalue weighted by Crippen LogP contribution is -1.98. The Balaban J connectivity index is 2.37. The van der Waals surface area contributed by atoms with Crippen molar-refractivity contribution in [2.45, 2.75) is 0 Å². The molecule has 0 bridgehead atoms. The van der Waals surface area contributed by atoms with E-state index in [4.69, 9.17) is 0 Å². The van der Waals surface area contributed by atoms with E-state index in [1.165, 1.54) is 0 Å². The normalized spacial score (nSPS) is 10.4. The first-order valence-corrected chi connectivity index (χ1v) is 5.93. The molecule has 0 aromatic heterocycles. The third-order valence-corrected chi connectivity index (χ3v) is 3.06. The maximum Gasteiger partial charge on any atom is 0.186 e. The van der Waals surface area contributed by atoms with Gasteiger partial charge in [0.25, 0.3) is 0 Å². The summed E-state index contributed by atoms with van der Waals surface area (Å²) in [5, 5.41) is 2.16. The molecular weight excluding hydrogens is 220 g/mol. The molecule has 0 fully saturated rings. The van der Waals surface area contributed by atoms with Crippen LogP contribution in [0.1, 0.15) is 0 Å². The summed E-state index contributed by atoms with van der Waals surface area (Å²) in [7, 11) is 0. The maximum absolute atomic E-state index is 12.1. The van der Waals surface area contributed by atoms with E-state index in [-0.39, 0.29) is 5.43 Å². The van der Waals surface area contributed by atoms with Crippen molar-refractivity contribution in [3.8, 4) is 11.1 Å². The molecular formula is C17H12O. The summed E-state index contributed by atoms with van der Waals surface area (Å²) < 4.78 is 0. The summed E-state index contributed by atoms with van der Waals surface area (Å²) in [5.41, 5.74) is 1.76. The molecule has 0 aliphatic heterocycles. The Morgan fingerprint density at radius 3 is 2.06 bits per heavy atom. The van der Waals surface area contributed by atoms with Crippen LogP contribution in [0, 0.1) is 0 Å². The zero-order valence-electron chi connectivity index (χ0n) is 9.84. The van der Waals surface area contributed by atoms with Crippen LogP contribution in [-0.4, -0.2) is 0 Å². The van der Waals surface area contributed by atoms with E-state index < -0.39 is 0 Å². The number of rotatable bonds is 1. The minimum Gasteiger partial charge on any atom is -0.289 e. The van der Waals surface area contributed by atoms with Gasteiger partial charge in [0.05, 0.1) is 0 Å². The number of fused-ring (bicyclic) bond motifs is 1. The van der Waals surface area contributed by atoms with Gasteiger partial charge in [0.1, 0.15) is 0 Å². The molecule has 0 atom stereocenters. The van der Waals surface area contributed by atoms with Gasteiger partial charge in [-0.05, 0) is 28.5 Å². The third kappa shape index (κ3) is 1.91. The van der Waals surface area contributed by atoms with Gasteiger partial charge in [-0.2, -0.15) is 0 Å². The number of hydrogen-bond acceptors (Lipinski definition) is 1. The quantitative estimate of drug-likeness (QED) is 0.622. The van der Waals surface area contributed by atoms with E-state index in [0.717, 1.165) is 21.9 Å². The summed E-state index contributed by atoms with van der Waals surface area (Å²) >= 11 is 0. The van der Waals surface area contributed by atoms with Gasteiger partial charge in [-0.1, -0.05) is 60.7 Å². The largest absolute Gasteiger partial charge is 0.289 e. The lowest BCUT2D eigenvalue weighted by Gasteiger charge is -1.97. The fraction of sp³-hybridized carbons (Fsp3) is 0. The van der Waals surface area contributed by atoms with Crippen LogP contribution in [0.25, 0.3) is 21.9 Å². The molecule has 0 spiro atoms. The zero-order valence-corrected chi connectivity index (χ0v) is 9.84. The SMILES string of the molecule is O=c1ccc2ccccc2cc1-c1ccccc1. The van der Waals surface area contributed by atoms with Gasteiger partial charge in [0, 0.05) is 5.56 Å². The molecule has 0 unspecified atom stereocenters. The maximum atomic E-state index is 12.1. The number of hydrogen-bond donors (Lipinski definition) is 0. The zero-order chi connectivity index (χ0) is 12.4. The van der Waals surface area contributed by atoms with E-state index in [0.29, 0.717) is 0 Å². The molecule has 3 aromatic rings. The highest BCUT2D eigenvalue weighted by Crippen LogP contribution is 2.19. The van der Waals surface area contributed by atoms with Gasteiger partial charge in [0.2, 0.25) is 0 Å². The van der Waals surface area contributed by atoms with Crippen LogP contribution >= 0.6 is 0 Å². The van der Waals surface area contributed by atoms with E-state index in [1.54, 1.807) is 6.07 Å². The summed E-state index contributed by atoms with van der Waals surface area (Å²) in [5.74, 6) is 0. The topological polar surface area (TPSA) is 17.1 Å². The smallest absolute Gasteiger partial charge is 0.186 e. The van der Waals surface area contributed by atoms with E-state index in [1.807, 2.05) is 66.7 Å². The predicted octanol–water partition coefficient (Wildman–Crippen LogP) is 3.87. The Labute approximate surface area is 105 Å². The van der Waals surface area contributed by atoms with Crippen molar-refractivity contribution >= 4 is 10.8 Å². The molecule has 0 N–H and O–H groups in total. The second kappa shape index (κ2) is 4.46. The van der Waals surface area contributed by atoms with Crippen LogP contribution in [0.5, 0.6) is 0 Å². The molecule has 0 aliphatic carbocycles. The average molecular weight is 232 g/mol. The highest BCUT2D eigenvalue weighted by Gasteiger charge is 2.01. The van der Waals surface area contributed by atoms with Crippen LogP contribution < -0.4 is 5.43 Å². The van der Waals surface area contributed by atoms with Gasteiger partial charge >= 0.3 is 0 Å². The van der Waals surface area contributed by atoms with E-state index >= 15 is 0 Å². The fourth-order valence-corrected chi connectivity index (χ4v) is 2.12. The lowest BCUT2D eigenvalue weighted by molar-refractivity contribution is 1.60. The average Bonchev–Trinajstić information content (AvgIpc) is 2.60. The molecule has 0 amide bonds. The molecule has 3 aromatic carbocycles. The first kappa shape index (κ1) is 10.7. The van der Waals surface area contributed by atoms with Gasteiger partial charge < -0.3 is 0 Å². The molecule has 0 radical (unpaired) electrons. The fourth-order valence-electron chi connectivity index (χ4n) is 2.12. The molecule has 3 rings (SSSR count). The Hall–Kier alpha value is -2.41. The van der Waals surface area contributed by atoms with Crippen molar-refractivity contribution in [1.82, 2.24) is 0 Å². The van der Waals surface area contributed by atoms with Crippen LogP contribution in [0.2, 0.25) is 0 Å². The molecule has 86 valence electrons. The first-order valence-electron chi connectivity index (χ1n) is 5.93. The summed E-state index contributed by atoms with van der Waals surface area (Å²) in [6.45, 7) is 0. The van der Waals surface area contributed by atoms with Gasteiger partial charge in [-0.25, -0.2) is 0 Å². The summed E-state index contributed by atoms with van der Waals surface area (Å²) in [6.07, 6.45) is 0. The van der Waals surface area contributed by atoms with Crippen LogP contribution in [0.4, 0.5) is 0 Å². The van der Waals surface area contributed by atoms with Crippen LogP contribution in [0.3, 0.4) is 0 Å². The third-order valence-electron chi connectivity index (χ3n) is 3.06. The van der Waals surface area contributed by atoms with E-state index in [9.17, 15) is 4.79 Å². The van der Waals surface area contributed by atoms with Gasteiger partial charge in [-0.15, -0.1) is 0 Å². The Morgan fingerprint density at radius 2 is 1.28 bits per heavy atom. The molecule has 0 aliphatic rings. The second-order valence-corrected chi connectivity index (χ2v) is 4.25. The molecule has 0 heterocycles. The van der Waals surface area contributed by atoms with Crippen molar-refractivity contribution in [2.24, 2.45) is 0 Å². The van der Waals surface area contributed by atoms with Crippen molar-refractivity contribution in [2.75, 3.05) is 0 Å². The summed E-state index contributed by atoms with van der Waals surface area (Å²) in [4.78, 5) is 12.1. The van der Waals surface area contributed by atoms with Crippen molar-refractivity contribution in [1.29, 1.82) is 0 Å². The molecule has 0 saturated heterocycles. The van der Waals surface area contributed by atoms with E-state index in [2.05, 4.69) is 0 Å². The minimum absolute atomic E-state index is 0.0531. The lowest BCUT2D eigenvalue weighted by atomic mass is 10.1. The van der Waals surface area contributed by atoms with Crippen molar-refractivity contribution in [3.63, 3.8) is 0 Å². The summed E-state index contributed by atoms with van der Waals surface area (Å²) in [6, 6.07) is 23.3. The Kier molecular flexibility index (Phi) is 2.66.